The van der Waals surface area contributed by atoms with Crippen LogP contribution in [0.2, 0.25) is 0 Å². The molecule has 18 heavy (non-hydrogen) atoms. The largest absolute Gasteiger partial charge is 0.352 e. The summed E-state index contributed by atoms with van der Waals surface area (Å²) in [5.41, 5.74) is 0.769. The van der Waals surface area contributed by atoms with Crippen LogP contribution in [0.5, 0.6) is 0 Å². The quantitative estimate of drug-likeness (QED) is 0.762. The minimum absolute atomic E-state index is 0.0636. The first-order valence-corrected chi connectivity index (χ1v) is 7.28. The maximum atomic E-state index is 12.6. The molecular weight excluding hydrogens is 222 g/mol. The average Bonchev–Trinajstić information content (AvgIpc) is 2.20. The molecule has 4 rings (SSSR count). The van der Waals surface area contributed by atoms with Crippen molar-refractivity contribution in [1.82, 2.24) is 5.32 Å². The standard InChI is InChI=1S/C16H25NO/c1-4-5-17-13(18)16-8-12-6-14(2,10-16)9-15(3,7-12)11-16/h4,12H,1,5-11H2,2-3H3,(H,17,18). The summed E-state index contributed by atoms with van der Waals surface area (Å²) in [5, 5.41) is 3.07. The summed E-state index contributed by atoms with van der Waals surface area (Å²) >= 11 is 0. The van der Waals surface area contributed by atoms with Gasteiger partial charge in [0, 0.05) is 6.54 Å². The van der Waals surface area contributed by atoms with E-state index in [1.165, 1.54) is 19.3 Å². The zero-order valence-corrected chi connectivity index (χ0v) is 11.7. The highest BCUT2D eigenvalue weighted by molar-refractivity contribution is 5.83. The number of hydrogen-bond donors (Lipinski definition) is 1. The molecule has 2 unspecified atom stereocenters. The predicted octanol–water partition coefficient (Wildman–Crippen LogP) is 3.29. The minimum atomic E-state index is -0.0636. The Kier molecular flexibility index (Phi) is 2.46. The van der Waals surface area contributed by atoms with Crippen LogP contribution in [-0.2, 0) is 4.79 Å². The second-order valence-corrected chi connectivity index (χ2v) is 7.91. The maximum Gasteiger partial charge on any atom is 0.226 e. The molecule has 0 radical (unpaired) electrons. The summed E-state index contributed by atoms with van der Waals surface area (Å²) in [6.45, 7) is 9.12. The van der Waals surface area contributed by atoms with Gasteiger partial charge in [0.05, 0.1) is 5.41 Å². The smallest absolute Gasteiger partial charge is 0.226 e. The fraction of sp³-hybridized carbons (Fsp3) is 0.812. The molecule has 2 nitrogen and oxygen atoms in total. The minimum Gasteiger partial charge on any atom is -0.352 e. The van der Waals surface area contributed by atoms with Gasteiger partial charge >= 0.3 is 0 Å². The van der Waals surface area contributed by atoms with Gasteiger partial charge in [0.2, 0.25) is 5.91 Å². The van der Waals surface area contributed by atoms with Gasteiger partial charge in [-0.1, -0.05) is 19.9 Å². The summed E-state index contributed by atoms with van der Waals surface area (Å²) in [5.74, 6) is 1.08. The van der Waals surface area contributed by atoms with E-state index in [1.54, 1.807) is 6.08 Å². The van der Waals surface area contributed by atoms with E-state index in [0.29, 0.717) is 23.3 Å². The first-order chi connectivity index (χ1) is 8.39. The van der Waals surface area contributed by atoms with E-state index in [-0.39, 0.29) is 5.41 Å². The molecule has 1 N–H and O–H groups in total. The van der Waals surface area contributed by atoms with Gasteiger partial charge in [0.1, 0.15) is 0 Å². The Labute approximate surface area is 110 Å². The predicted molar refractivity (Wildman–Crippen MR) is 73.0 cm³/mol. The van der Waals surface area contributed by atoms with Gasteiger partial charge < -0.3 is 5.32 Å². The Morgan fingerprint density at radius 1 is 1.22 bits per heavy atom. The Morgan fingerprint density at radius 2 is 1.83 bits per heavy atom. The third kappa shape index (κ3) is 1.72. The lowest BCUT2D eigenvalue weighted by Crippen LogP contribution is -2.59. The van der Waals surface area contributed by atoms with E-state index in [4.69, 9.17) is 0 Å². The molecule has 2 heteroatoms. The lowest BCUT2D eigenvalue weighted by Gasteiger charge is -2.64. The monoisotopic (exact) mass is 247 g/mol. The van der Waals surface area contributed by atoms with Crippen molar-refractivity contribution in [1.29, 1.82) is 0 Å². The molecule has 0 aromatic rings. The molecule has 0 aromatic heterocycles. The lowest BCUT2D eigenvalue weighted by molar-refractivity contribution is -0.169. The average molecular weight is 247 g/mol. The lowest BCUT2D eigenvalue weighted by atomic mass is 9.40. The molecule has 1 amide bonds. The van der Waals surface area contributed by atoms with Gasteiger partial charge in [-0.2, -0.15) is 0 Å². The van der Waals surface area contributed by atoms with Gasteiger partial charge in [0.25, 0.3) is 0 Å². The second-order valence-electron chi connectivity index (χ2n) is 7.91. The molecule has 2 atom stereocenters. The normalized spacial score (nSPS) is 49.1. The molecule has 0 aromatic carbocycles. The number of rotatable bonds is 3. The Balaban J connectivity index is 1.89. The van der Waals surface area contributed by atoms with E-state index in [2.05, 4.69) is 25.7 Å². The number of carbonyl (C=O) groups is 1. The van der Waals surface area contributed by atoms with Crippen molar-refractivity contribution < 1.29 is 4.79 Å². The van der Waals surface area contributed by atoms with Crippen LogP contribution < -0.4 is 5.32 Å². The zero-order valence-electron chi connectivity index (χ0n) is 11.7. The summed E-state index contributed by atoms with van der Waals surface area (Å²) in [6, 6.07) is 0. The molecule has 4 aliphatic carbocycles. The van der Waals surface area contributed by atoms with E-state index in [9.17, 15) is 4.79 Å². The number of hydrogen-bond acceptors (Lipinski definition) is 1. The van der Waals surface area contributed by atoms with E-state index < -0.39 is 0 Å². The molecule has 0 aliphatic heterocycles. The number of nitrogens with one attached hydrogen (secondary N) is 1. The molecule has 4 fully saturated rings. The van der Waals surface area contributed by atoms with Gasteiger partial charge in [-0.25, -0.2) is 0 Å². The Hall–Kier alpha value is -0.790. The highest BCUT2D eigenvalue weighted by atomic mass is 16.2. The number of amides is 1. The summed E-state index contributed by atoms with van der Waals surface area (Å²) < 4.78 is 0. The van der Waals surface area contributed by atoms with Crippen LogP contribution in [0, 0.1) is 22.2 Å². The zero-order chi connectivity index (χ0) is 13.0. The van der Waals surface area contributed by atoms with Gasteiger partial charge in [-0.3, -0.25) is 4.79 Å². The van der Waals surface area contributed by atoms with E-state index in [1.807, 2.05) is 0 Å². The second kappa shape index (κ2) is 3.61. The third-order valence-electron chi connectivity index (χ3n) is 5.51. The van der Waals surface area contributed by atoms with Crippen molar-refractivity contribution in [2.75, 3.05) is 6.54 Å². The Bertz CT molecular complexity index is 382. The van der Waals surface area contributed by atoms with Crippen LogP contribution in [0.25, 0.3) is 0 Å². The molecule has 0 spiro atoms. The van der Waals surface area contributed by atoms with Gasteiger partial charge in [-0.05, 0) is 55.3 Å². The maximum absolute atomic E-state index is 12.6. The van der Waals surface area contributed by atoms with Crippen molar-refractivity contribution in [3.63, 3.8) is 0 Å². The summed E-state index contributed by atoms with van der Waals surface area (Å²) in [6.07, 6.45) is 9.14. The topological polar surface area (TPSA) is 29.1 Å². The van der Waals surface area contributed by atoms with E-state index >= 15 is 0 Å². The van der Waals surface area contributed by atoms with Crippen molar-refractivity contribution in [3.8, 4) is 0 Å². The molecule has 4 aliphatic rings. The Morgan fingerprint density at radius 3 is 2.33 bits per heavy atom. The third-order valence-corrected chi connectivity index (χ3v) is 5.51. The summed E-state index contributed by atoms with van der Waals surface area (Å²) in [7, 11) is 0. The molecule has 4 saturated carbocycles. The molecule has 0 heterocycles. The van der Waals surface area contributed by atoms with Crippen LogP contribution in [0.15, 0.2) is 12.7 Å². The highest BCUT2D eigenvalue weighted by Gasteiger charge is 2.62. The SMILES string of the molecule is C=CCNC(=O)C12CC3CC(C)(CC(C)(C3)C1)C2. The van der Waals surface area contributed by atoms with Crippen molar-refractivity contribution in [2.45, 2.75) is 52.4 Å². The van der Waals surface area contributed by atoms with Crippen LogP contribution in [0.4, 0.5) is 0 Å². The van der Waals surface area contributed by atoms with Gasteiger partial charge in [0.15, 0.2) is 0 Å². The van der Waals surface area contributed by atoms with Crippen LogP contribution >= 0.6 is 0 Å². The first-order valence-electron chi connectivity index (χ1n) is 7.28. The van der Waals surface area contributed by atoms with Crippen LogP contribution in [0.1, 0.15) is 52.4 Å². The number of carbonyl (C=O) groups excluding carboxylic acids is 1. The van der Waals surface area contributed by atoms with E-state index in [0.717, 1.165) is 25.2 Å². The molecule has 100 valence electrons. The molecule has 4 bridgehead atoms. The van der Waals surface area contributed by atoms with Crippen molar-refractivity contribution in [2.24, 2.45) is 22.2 Å². The fourth-order valence-electron chi connectivity index (χ4n) is 6.05. The van der Waals surface area contributed by atoms with Crippen LogP contribution in [-0.4, -0.2) is 12.5 Å². The van der Waals surface area contributed by atoms with Crippen molar-refractivity contribution >= 4 is 5.91 Å². The van der Waals surface area contributed by atoms with Crippen LogP contribution in [0.3, 0.4) is 0 Å². The fourth-order valence-corrected chi connectivity index (χ4v) is 6.05. The first kappa shape index (κ1) is 12.3. The summed E-state index contributed by atoms with van der Waals surface area (Å²) in [4.78, 5) is 12.6. The molecule has 0 saturated heterocycles. The van der Waals surface area contributed by atoms with Gasteiger partial charge in [-0.15, -0.1) is 6.58 Å². The molecular formula is C16H25NO. The highest BCUT2D eigenvalue weighted by Crippen LogP contribution is 2.69. The van der Waals surface area contributed by atoms with Crippen molar-refractivity contribution in [3.05, 3.63) is 12.7 Å².